The van der Waals surface area contributed by atoms with Crippen LogP contribution in [-0.4, -0.2) is 111 Å². The van der Waals surface area contributed by atoms with Crippen molar-refractivity contribution < 1.29 is 53.1 Å². The predicted molar refractivity (Wildman–Crippen MR) is 249 cm³/mol. The number of aliphatic hydroxyl groups excluding tert-OH is 1. The fourth-order valence-electron chi connectivity index (χ4n) is 10.2. The van der Waals surface area contributed by atoms with E-state index < -0.39 is 95.5 Å². The fraction of sp³-hybridized carbons (Fsp3) is 0.580. The standard InChI is InChI=1S/C50H66BrN3O11/c1-12-39-50(10)44(53-48(60)65-50)30(6)41(56)27(3)23-49(9,61-19-15-16-33-22-34-17-13-14-18-36(34)52-24-33)45(31(7)42(57)32(8)46(59)63-39)64-47-43(58)37(21-28(4)62-47)54(11)25-35-29(5)40(51)26(2)20-38(35)55/h13-18,20,22,24,27-28,30-32,37,39,43-45,47,55,58H,12,19,21,23,25H2,1-11H3,(H,53,60)/b16-15+/t27-,28-,30-,31+,32-,37+,39+,43-,44-,45-,47?,49+,50-/m1/s1. The van der Waals surface area contributed by atoms with Crippen molar-refractivity contribution in [1.82, 2.24) is 15.2 Å². The lowest BCUT2D eigenvalue weighted by Crippen LogP contribution is -2.60. The summed E-state index contributed by atoms with van der Waals surface area (Å²) >= 11 is 3.64. The molecule has 15 heteroatoms. The molecule has 65 heavy (non-hydrogen) atoms. The summed E-state index contributed by atoms with van der Waals surface area (Å²) < 4.78 is 32.8. The molecule has 3 aliphatic rings. The van der Waals surface area contributed by atoms with Crippen LogP contribution in [0, 0.1) is 37.5 Å². The minimum absolute atomic E-state index is 0.0196. The molecule has 3 aromatic rings. The van der Waals surface area contributed by atoms with Crippen LogP contribution in [0.5, 0.6) is 5.75 Å². The molecule has 0 radical (unpaired) electrons. The van der Waals surface area contributed by atoms with Gasteiger partial charge in [0.2, 0.25) is 0 Å². The summed E-state index contributed by atoms with van der Waals surface area (Å²) in [7, 11) is 1.86. The monoisotopic (exact) mass is 963 g/mol. The van der Waals surface area contributed by atoms with E-state index in [1.165, 1.54) is 6.92 Å². The first kappa shape index (κ1) is 50.2. The van der Waals surface area contributed by atoms with Gasteiger partial charge in [-0.3, -0.25) is 24.3 Å². The van der Waals surface area contributed by atoms with Crippen molar-refractivity contribution in [2.24, 2.45) is 23.7 Å². The first-order valence-corrected chi connectivity index (χ1v) is 23.5. The number of aliphatic hydroxyl groups is 1. The summed E-state index contributed by atoms with van der Waals surface area (Å²) in [6.45, 7) is 17.9. The van der Waals surface area contributed by atoms with E-state index in [9.17, 15) is 29.4 Å². The number of para-hydroxylation sites is 1. The Hall–Kier alpha value is -4.25. The smallest absolute Gasteiger partial charge is 0.408 e. The number of halogens is 1. The zero-order valence-electron chi connectivity index (χ0n) is 39.4. The van der Waals surface area contributed by atoms with Gasteiger partial charge in [0, 0.05) is 52.0 Å². The summed E-state index contributed by atoms with van der Waals surface area (Å²) in [6, 6.07) is 10.1. The Bertz CT molecular complexity index is 2290. The van der Waals surface area contributed by atoms with E-state index in [1.807, 2.05) is 75.2 Å². The number of benzene rings is 2. The highest BCUT2D eigenvalue weighted by molar-refractivity contribution is 9.10. The lowest BCUT2D eigenvalue weighted by molar-refractivity contribution is -0.297. The molecule has 3 fully saturated rings. The van der Waals surface area contributed by atoms with Crippen molar-refractivity contribution in [2.75, 3.05) is 13.7 Å². The SMILES string of the molecule is CC[C@@H]1OC(=O)[C@H](C)C(=O)[C@H](C)[C@@H](OC2O[C@H](C)C[C@H](N(C)Cc3c(O)cc(C)c(Br)c3C)[C@H]2O)[C@@](C)(OC/C=C/c2cnc3ccccc3c2)C[C@@H](C)C(=O)[C@@H](C)[C@H]2NC(=O)O[C@]12C. The summed E-state index contributed by atoms with van der Waals surface area (Å²) in [5.41, 5.74) is 1.33. The van der Waals surface area contributed by atoms with Gasteiger partial charge in [-0.15, -0.1) is 0 Å². The number of carbonyl (C=O) groups excluding carboxylic acids is 4. The highest BCUT2D eigenvalue weighted by Crippen LogP contribution is 2.41. The van der Waals surface area contributed by atoms with E-state index in [0.717, 1.165) is 32.1 Å². The number of esters is 1. The lowest BCUT2D eigenvalue weighted by Gasteiger charge is -2.47. The molecule has 0 aliphatic carbocycles. The van der Waals surface area contributed by atoms with Crippen LogP contribution < -0.4 is 5.32 Å². The van der Waals surface area contributed by atoms with Crippen molar-refractivity contribution in [3.05, 3.63) is 75.4 Å². The molecule has 0 saturated carbocycles. The lowest BCUT2D eigenvalue weighted by atomic mass is 9.73. The largest absolute Gasteiger partial charge is 0.508 e. The van der Waals surface area contributed by atoms with E-state index in [2.05, 4.69) is 26.2 Å². The van der Waals surface area contributed by atoms with E-state index >= 15 is 0 Å². The highest BCUT2D eigenvalue weighted by atomic mass is 79.9. The Labute approximate surface area is 390 Å². The molecular formula is C50H66BrN3O11. The molecule has 6 rings (SSSR count). The number of ether oxygens (including phenoxy) is 5. The van der Waals surface area contributed by atoms with Crippen LogP contribution in [0.2, 0.25) is 0 Å². The second-order valence-corrected chi connectivity index (χ2v) is 19.7. The van der Waals surface area contributed by atoms with Crippen molar-refractivity contribution in [2.45, 2.75) is 149 Å². The number of carbonyl (C=O) groups is 4. The number of cyclic esters (lactones) is 1. The van der Waals surface area contributed by atoms with E-state index in [0.29, 0.717) is 18.5 Å². The summed E-state index contributed by atoms with van der Waals surface area (Å²) in [5.74, 6) is -5.28. The maximum Gasteiger partial charge on any atom is 0.408 e. The molecule has 3 saturated heterocycles. The van der Waals surface area contributed by atoms with Crippen LogP contribution in [0.3, 0.4) is 0 Å². The second-order valence-electron chi connectivity index (χ2n) is 18.9. The predicted octanol–water partition coefficient (Wildman–Crippen LogP) is 7.77. The Morgan fingerprint density at radius 1 is 1.03 bits per heavy atom. The molecule has 354 valence electrons. The van der Waals surface area contributed by atoms with Gasteiger partial charge in [0.05, 0.1) is 36.0 Å². The third-order valence-electron chi connectivity index (χ3n) is 14.0. The van der Waals surface area contributed by atoms with Crippen LogP contribution in [0.1, 0.15) is 96.9 Å². The number of likely N-dealkylation sites (N-methyl/N-ethyl adjacent to an activating group) is 1. The quantitative estimate of drug-likeness (QED) is 0.133. The molecule has 3 aliphatic heterocycles. The first-order chi connectivity index (χ1) is 30.6. The zero-order valence-corrected chi connectivity index (χ0v) is 41.0. The number of nitrogens with one attached hydrogen (secondary N) is 1. The number of phenolic OH excluding ortho intramolecular Hbond substituents is 1. The Morgan fingerprint density at radius 2 is 1.74 bits per heavy atom. The number of amides is 1. The van der Waals surface area contributed by atoms with Gasteiger partial charge in [-0.05, 0) is 103 Å². The number of aromatic hydroxyl groups is 1. The Balaban J connectivity index is 1.38. The van der Waals surface area contributed by atoms with Crippen molar-refractivity contribution in [1.29, 1.82) is 0 Å². The molecule has 13 atom stereocenters. The maximum absolute atomic E-state index is 14.7. The van der Waals surface area contributed by atoms with Gasteiger partial charge in [0.25, 0.3) is 0 Å². The molecule has 14 nitrogen and oxygen atoms in total. The molecule has 2 aromatic carbocycles. The maximum atomic E-state index is 14.7. The number of hydrogen-bond donors (Lipinski definition) is 3. The number of hydrogen-bond acceptors (Lipinski definition) is 13. The number of fused-ring (bicyclic) bond motifs is 2. The molecule has 3 N–H and O–H groups in total. The first-order valence-electron chi connectivity index (χ1n) is 22.7. The number of aryl methyl sites for hydroxylation is 1. The van der Waals surface area contributed by atoms with Gasteiger partial charge in [0.15, 0.2) is 17.7 Å². The fourth-order valence-corrected chi connectivity index (χ4v) is 10.5. The van der Waals surface area contributed by atoms with Crippen LogP contribution in [-0.2, 0) is 44.6 Å². The topological polar surface area (TPSA) is 183 Å². The van der Waals surface area contributed by atoms with Crippen LogP contribution in [0.25, 0.3) is 17.0 Å². The van der Waals surface area contributed by atoms with Gasteiger partial charge in [-0.1, -0.05) is 74.0 Å². The van der Waals surface area contributed by atoms with E-state index in [4.69, 9.17) is 23.7 Å². The van der Waals surface area contributed by atoms with E-state index in [-0.39, 0.29) is 31.0 Å². The summed E-state index contributed by atoms with van der Waals surface area (Å²) in [6.07, 6.45) is 0.328. The summed E-state index contributed by atoms with van der Waals surface area (Å²) in [4.78, 5) is 62.7. The van der Waals surface area contributed by atoms with Crippen molar-refractivity contribution in [3.63, 3.8) is 0 Å². The van der Waals surface area contributed by atoms with Gasteiger partial charge < -0.3 is 39.2 Å². The molecule has 1 amide bonds. The van der Waals surface area contributed by atoms with Crippen LogP contribution in [0.4, 0.5) is 4.79 Å². The number of pyridine rings is 1. The third-order valence-corrected chi connectivity index (χ3v) is 15.2. The van der Waals surface area contributed by atoms with Crippen molar-refractivity contribution in [3.8, 4) is 5.75 Å². The molecule has 1 aromatic heterocycles. The van der Waals surface area contributed by atoms with E-state index in [1.54, 1.807) is 53.8 Å². The second kappa shape index (κ2) is 20.3. The van der Waals surface area contributed by atoms with Gasteiger partial charge in [0.1, 0.15) is 29.7 Å². The molecule has 4 heterocycles. The number of aromatic nitrogens is 1. The average molecular weight is 965 g/mol. The molecule has 0 spiro atoms. The molecule has 1 unspecified atom stereocenters. The van der Waals surface area contributed by atoms with Gasteiger partial charge in [-0.25, -0.2) is 4.79 Å². The number of alkyl carbamates (subject to hydrolysis) is 1. The van der Waals surface area contributed by atoms with Gasteiger partial charge in [-0.2, -0.15) is 0 Å². The number of ketones is 2. The number of nitrogens with zero attached hydrogens (tertiary/aromatic N) is 2. The Kier molecular flexibility index (Phi) is 15.7. The number of phenols is 1. The third kappa shape index (κ3) is 10.5. The minimum atomic E-state index is -1.43. The number of Topliss-reactive ketones (excluding diaryl/α,β-unsaturated/α-hetero) is 2. The minimum Gasteiger partial charge on any atom is -0.508 e. The molecule has 0 bridgehead atoms. The zero-order chi connectivity index (χ0) is 47.7. The Morgan fingerprint density at radius 3 is 2.45 bits per heavy atom. The normalized spacial score (nSPS) is 34.0. The van der Waals surface area contributed by atoms with Gasteiger partial charge >= 0.3 is 12.1 Å². The number of rotatable bonds is 10. The van der Waals surface area contributed by atoms with Crippen LogP contribution in [0.15, 0.2) is 53.1 Å². The average Bonchev–Trinajstić information content (AvgIpc) is 3.59. The molecular weight excluding hydrogens is 898 g/mol. The highest BCUT2D eigenvalue weighted by Gasteiger charge is 2.57. The van der Waals surface area contributed by atoms with Crippen molar-refractivity contribution >= 4 is 56.5 Å². The van der Waals surface area contributed by atoms with Crippen LogP contribution >= 0.6 is 15.9 Å². The summed E-state index contributed by atoms with van der Waals surface area (Å²) in [5, 5.41) is 27.0.